The third kappa shape index (κ3) is 1.98. The highest BCUT2D eigenvalue weighted by Crippen LogP contribution is 2.42. The van der Waals surface area contributed by atoms with E-state index in [0.29, 0.717) is 17.8 Å². The predicted octanol–water partition coefficient (Wildman–Crippen LogP) is 6.12. The van der Waals surface area contributed by atoms with Crippen LogP contribution in [-0.2, 0) is 0 Å². The van der Waals surface area contributed by atoms with E-state index in [4.69, 9.17) is 0 Å². The van der Waals surface area contributed by atoms with Gasteiger partial charge in [0.1, 0.15) is 0 Å². The molecule has 0 fully saturated rings. The van der Waals surface area contributed by atoms with Crippen molar-refractivity contribution in [2.75, 3.05) is 0 Å². The summed E-state index contributed by atoms with van der Waals surface area (Å²) in [5.74, 6) is 1.68. The van der Waals surface area contributed by atoms with Gasteiger partial charge in [-0.05, 0) is 44.9 Å². The van der Waals surface area contributed by atoms with Crippen LogP contribution in [0.5, 0.6) is 0 Å². The van der Waals surface area contributed by atoms with Gasteiger partial charge >= 0.3 is 0 Å². The third-order valence-electron chi connectivity index (χ3n) is 4.55. The SMILES string of the molecule is CC(C)C1=CC(C)c2cccc3cc(C(C)C)cc1c23. The first kappa shape index (κ1) is 13.4. The van der Waals surface area contributed by atoms with Crippen molar-refractivity contribution in [3.05, 3.63) is 53.1 Å². The Bertz CT molecular complexity index is 686. The highest BCUT2D eigenvalue weighted by Gasteiger charge is 2.22. The zero-order chi connectivity index (χ0) is 14.4. The average molecular weight is 264 g/mol. The zero-order valence-electron chi connectivity index (χ0n) is 13.2. The van der Waals surface area contributed by atoms with Crippen LogP contribution in [0.25, 0.3) is 16.3 Å². The van der Waals surface area contributed by atoms with Crippen LogP contribution >= 0.6 is 0 Å². The molecule has 0 aromatic heterocycles. The van der Waals surface area contributed by atoms with Crippen LogP contribution in [0.2, 0.25) is 0 Å². The normalized spacial score (nSPS) is 17.9. The number of allylic oxidation sites excluding steroid dienone is 2. The second kappa shape index (κ2) is 4.77. The van der Waals surface area contributed by atoms with Crippen molar-refractivity contribution in [2.24, 2.45) is 5.92 Å². The molecule has 0 amide bonds. The van der Waals surface area contributed by atoms with Gasteiger partial charge in [-0.15, -0.1) is 0 Å². The maximum absolute atomic E-state index is 2.46. The van der Waals surface area contributed by atoms with E-state index in [9.17, 15) is 0 Å². The average Bonchev–Trinajstić information content (AvgIpc) is 2.41. The highest BCUT2D eigenvalue weighted by atomic mass is 14.3. The molecule has 0 heteroatoms. The van der Waals surface area contributed by atoms with Gasteiger partial charge in [-0.2, -0.15) is 0 Å². The summed E-state index contributed by atoms with van der Waals surface area (Å²) >= 11 is 0. The zero-order valence-corrected chi connectivity index (χ0v) is 13.2. The quantitative estimate of drug-likeness (QED) is 0.613. The van der Waals surface area contributed by atoms with Crippen LogP contribution in [0.1, 0.15) is 63.1 Å². The standard InChI is InChI=1S/C20H24/c1-12(2)16-10-15-7-6-8-17-14(5)9-18(13(3)4)19(11-16)20(15)17/h6-14H,1-5H3. The Morgan fingerprint density at radius 2 is 1.70 bits per heavy atom. The third-order valence-corrected chi connectivity index (χ3v) is 4.55. The minimum absolute atomic E-state index is 0.522. The minimum atomic E-state index is 0.522. The topological polar surface area (TPSA) is 0 Å². The number of hydrogen-bond donors (Lipinski definition) is 0. The van der Waals surface area contributed by atoms with Gasteiger partial charge in [0.25, 0.3) is 0 Å². The molecule has 3 rings (SSSR count). The summed E-state index contributed by atoms with van der Waals surface area (Å²) in [4.78, 5) is 0. The van der Waals surface area contributed by atoms with Crippen LogP contribution in [-0.4, -0.2) is 0 Å². The van der Waals surface area contributed by atoms with Gasteiger partial charge in [0.05, 0.1) is 0 Å². The summed E-state index contributed by atoms with van der Waals surface area (Å²) in [6.45, 7) is 11.5. The van der Waals surface area contributed by atoms with Gasteiger partial charge in [-0.3, -0.25) is 0 Å². The Labute approximate surface area is 122 Å². The molecule has 1 aliphatic rings. The van der Waals surface area contributed by atoms with Gasteiger partial charge in [0, 0.05) is 5.92 Å². The van der Waals surface area contributed by atoms with E-state index in [0.717, 1.165) is 0 Å². The molecule has 0 radical (unpaired) electrons. The van der Waals surface area contributed by atoms with Gasteiger partial charge in [-0.25, -0.2) is 0 Å². The molecule has 0 heterocycles. The van der Waals surface area contributed by atoms with Crippen LogP contribution in [0, 0.1) is 5.92 Å². The fourth-order valence-corrected chi connectivity index (χ4v) is 3.37. The Hall–Kier alpha value is -1.56. The summed E-state index contributed by atoms with van der Waals surface area (Å²) < 4.78 is 0. The second-order valence-electron chi connectivity index (χ2n) is 6.73. The Kier molecular flexibility index (Phi) is 3.20. The van der Waals surface area contributed by atoms with E-state index >= 15 is 0 Å². The molecule has 0 saturated heterocycles. The lowest BCUT2D eigenvalue weighted by molar-refractivity contribution is 0.831. The van der Waals surface area contributed by atoms with Crippen molar-refractivity contribution < 1.29 is 0 Å². The van der Waals surface area contributed by atoms with Gasteiger partial charge in [-0.1, -0.05) is 71.0 Å². The largest absolute Gasteiger partial charge is 0.0732 e. The smallest absolute Gasteiger partial charge is 0.000207 e. The predicted molar refractivity (Wildman–Crippen MR) is 89.3 cm³/mol. The number of rotatable bonds is 2. The molecular formula is C20H24. The molecule has 0 aliphatic heterocycles. The first-order valence-electron chi connectivity index (χ1n) is 7.77. The second-order valence-corrected chi connectivity index (χ2v) is 6.73. The monoisotopic (exact) mass is 264 g/mol. The maximum Gasteiger partial charge on any atom is 0.000207 e. The molecule has 0 nitrogen and oxygen atoms in total. The fraction of sp³-hybridized carbons (Fsp3) is 0.400. The summed E-state index contributed by atoms with van der Waals surface area (Å²) in [6.07, 6.45) is 2.46. The van der Waals surface area contributed by atoms with Crippen LogP contribution in [0.15, 0.2) is 36.4 Å². The van der Waals surface area contributed by atoms with Crippen molar-refractivity contribution in [2.45, 2.75) is 46.5 Å². The number of benzene rings is 2. The maximum atomic E-state index is 2.46. The van der Waals surface area contributed by atoms with Gasteiger partial charge in [0.2, 0.25) is 0 Å². The Morgan fingerprint density at radius 3 is 2.35 bits per heavy atom. The summed E-state index contributed by atoms with van der Waals surface area (Å²) in [5, 5.41) is 2.89. The molecule has 2 aromatic carbocycles. The summed E-state index contributed by atoms with van der Waals surface area (Å²) in [6, 6.07) is 11.6. The first-order valence-corrected chi connectivity index (χ1v) is 7.77. The van der Waals surface area contributed by atoms with Crippen molar-refractivity contribution in [3.63, 3.8) is 0 Å². The molecule has 1 atom stereocenters. The minimum Gasteiger partial charge on any atom is -0.0732 e. The molecule has 0 bridgehead atoms. The van der Waals surface area contributed by atoms with Gasteiger partial charge < -0.3 is 0 Å². The summed E-state index contributed by atoms with van der Waals surface area (Å²) in [7, 11) is 0. The van der Waals surface area contributed by atoms with E-state index in [1.807, 2.05) is 0 Å². The van der Waals surface area contributed by atoms with E-state index in [1.54, 1.807) is 0 Å². The fourth-order valence-electron chi connectivity index (χ4n) is 3.37. The Balaban J connectivity index is 2.38. The van der Waals surface area contributed by atoms with E-state index in [1.165, 1.54) is 33.0 Å². The Morgan fingerprint density at radius 1 is 0.950 bits per heavy atom. The molecule has 0 spiro atoms. The highest BCUT2D eigenvalue weighted by molar-refractivity contribution is 5.99. The van der Waals surface area contributed by atoms with Crippen molar-refractivity contribution in [1.29, 1.82) is 0 Å². The lowest BCUT2D eigenvalue weighted by Crippen LogP contribution is -2.07. The number of hydrogen-bond acceptors (Lipinski definition) is 0. The lowest BCUT2D eigenvalue weighted by Gasteiger charge is -2.26. The molecule has 0 N–H and O–H groups in total. The van der Waals surface area contributed by atoms with E-state index < -0.39 is 0 Å². The van der Waals surface area contributed by atoms with Crippen molar-refractivity contribution >= 4 is 16.3 Å². The molecule has 2 aromatic rings. The molecule has 104 valence electrons. The van der Waals surface area contributed by atoms with Crippen molar-refractivity contribution in [3.8, 4) is 0 Å². The van der Waals surface area contributed by atoms with Gasteiger partial charge in [0.15, 0.2) is 0 Å². The van der Waals surface area contributed by atoms with Crippen LogP contribution in [0.4, 0.5) is 0 Å². The lowest BCUT2D eigenvalue weighted by atomic mass is 9.78. The van der Waals surface area contributed by atoms with Crippen LogP contribution in [0.3, 0.4) is 0 Å². The van der Waals surface area contributed by atoms with Crippen molar-refractivity contribution in [1.82, 2.24) is 0 Å². The molecular weight excluding hydrogens is 240 g/mol. The molecule has 20 heavy (non-hydrogen) atoms. The molecule has 1 aliphatic carbocycles. The van der Waals surface area contributed by atoms with E-state index in [-0.39, 0.29) is 0 Å². The van der Waals surface area contributed by atoms with Crippen LogP contribution < -0.4 is 0 Å². The first-order chi connectivity index (χ1) is 9.49. The summed E-state index contributed by atoms with van der Waals surface area (Å²) in [5.41, 5.74) is 5.92. The van der Waals surface area contributed by atoms with E-state index in [2.05, 4.69) is 71.0 Å². The molecule has 1 unspecified atom stereocenters. The molecule has 0 saturated carbocycles.